The van der Waals surface area contributed by atoms with E-state index in [1.54, 1.807) is 12.1 Å². The lowest BCUT2D eigenvalue weighted by molar-refractivity contribution is 0.476. The van der Waals surface area contributed by atoms with Crippen molar-refractivity contribution in [3.05, 3.63) is 35.6 Å². The molecule has 3 N–H and O–H groups in total. The van der Waals surface area contributed by atoms with Crippen LogP contribution in [0.4, 0.5) is 4.39 Å². The molecule has 0 bridgehead atoms. The van der Waals surface area contributed by atoms with E-state index in [0.29, 0.717) is 0 Å². The molecule has 0 aliphatic heterocycles. The van der Waals surface area contributed by atoms with Gasteiger partial charge in [-0.15, -0.1) is 0 Å². The predicted octanol–water partition coefficient (Wildman–Crippen LogP) is 3.69. The Kier molecular flexibility index (Phi) is 6.82. The van der Waals surface area contributed by atoms with Crippen molar-refractivity contribution in [3.63, 3.8) is 0 Å². The van der Waals surface area contributed by atoms with Crippen LogP contribution in [0.3, 0.4) is 0 Å². The first kappa shape index (κ1) is 14.1. The van der Waals surface area contributed by atoms with Crippen LogP contribution in [0.25, 0.3) is 0 Å². The second-order valence-corrected chi connectivity index (χ2v) is 4.48. The van der Waals surface area contributed by atoms with Crippen LogP contribution in [0.5, 0.6) is 0 Å². The first-order chi connectivity index (χ1) is 8.27. The highest BCUT2D eigenvalue weighted by molar-refractivity contribution is 5.19. The van der Waals surface area contributed by atoms with E-state index < -0.39 is 0 Å². The van der Waals surface area contributed by atoms with Crippen molar-refractivity contribution in [1.82, 2.24) is 5.43 Å². The maximum absolute atomic E-state index is 13.1. The monoisotopic (exact) mass is 238 g/mol. The van der Waals surface area contributed by atoms with Crippen LogP contribution in [0.15, 0.2) is 24.3 Å². The summed E-state index contributed by atoms with van der Waals surface area (Å²) in [5.41, 5.74) is 3.70. The molecule has 1 aromatic rings. The normalized spacial score (nSPS) is 12.6. The molecule has 0 saturated heterocycles. The summed E-state index contributed by atoms with van der Waals surface area (Å²) in [5, 5.41) is 0. The van der Waals surface area contributed by atoms with Crippen LogP contribution in [-0.2, 0) is 0 Å². The van der Waals surface area contributed by atoms with E-state index in [9.17, 15) is 4.39 Å². The van der Waals surface area contributed by atoms with E-state index in [-0.39, 0.29) is 11.9 Å². The van der Waals surface area contributed by atoms with Gasteiger partial charge in [-0.25, -0.2) is 4.39 Å². The van der Waals surface area contributed by atoms with Gasteiger partial charge in [-0.05, 0) is 24.1 Å². The molecule has 0 saturated carbocycles. The second-order valence-electron chi connectivity index (χ2n) is 4.48. The van der Waals surface area contributed by atoms with Gasteiger partial charge in [0, 0.05) is 6.04 Å². The van der Waals surface area contributed by atoms with Gasteiger partial charge < -0.3 is 0 Å². The summed E-state index contributed by atoms with van der Waals surface area (Å²) in [5.74, 6) is 5.32. The molecule has 0 aliphatic carbocycles. The minimum atomic E-state index is -0.200. The summed E-state index contributed by atoms with van der Waals surface area (Å²) in [6.45, 7) is 2.21. The maximum Gasteiger partial charge on any atom is 0.123 e. The van der Waals surface area contributed by atoms with Crippen LogP contribution in [0, 0.1) is 5.82 Å². The number of benzene rings is 1. The number of halogens is 1. The molecule has 2 nitrogen and oxygen atoms in total. The molecule has 96 valence electrons. The fraction of sp³-hybridized carbons (Fsp3) is 0.571. The van der Waals surface area contributed by atoms with Crippen LogP contribution >= 0.6 is 0 Å². The summed E-state index contributed by atoms with van der Waals surface area (Å²) in [7, 11) is 0. The summed E-state index contributed by atoms with van der Waals surface area (Å²) < 4.78 is 13.1. The van der Waals surface area contributed by atoms with Crippen molar-refractivity contribution < 1.29 is 4.39 Å². The zero-order valence-electron chi connectivity index (χ0n) is 10.6. The Morgan fingerprint density at radius 3 is 2.65 bits per heavy atom. The molecule has 1 atom stereocenters. The average molecular weight is 238 g/mol. The molecule has 17 heavy (non-hydrogen) atoms. The molecule has 0 radical (unpaired) electrons. The molecule has 0 heterocycles. The van der Waals surface area contributed by atoms with Crippen molar-refractivity contribution in [2.75, 3.05) is 0 Å². The minimum absolute atomic E-state index is 0.0623. The third-order valence-electron chi connectivity index (χ3n) is 3.05. The molecule has 0 spiro atoms. The third kappa shape index (κ3) is 5.29. The maximum atomic E-state index is 13.1. The highest BCUT2D eigenvalue weighted by Gasteiger charge is 2.09. The summed E-state index contributed by atoms with van der Waals surface area (Å²) >= 11 is 0. The van der Waals surface area contributed by atoms with Gasteiger partial charge in [0.15, 0.2) is 0 Å². The first-order valence-corrected chi connectivity index (χ1v) is 6.49. The molecule has 1 rings (SSSR count). The Hall–Kier alpha value is -0.930. The number of rotatable bonds is 8. The Morgan fingerprint density at radius 2 is 2.00 bits per heavy atom. The number of hydrazine groups is 1. The number of unbranched alkanes of at least 4 members (excludes halogenated alkanes) is 4. The van der Waals surface area contributed by atoms with Gasteiger partial charge >= 0.3 is 0 Å². The number of hydrogen-bond acceptors (Lipinski definition) is 2. The van der Waals surface area contributed by atoms with E-state index in [1.807, 2.05) is 6.07 Å². The van der Waals surface area contributed by atoms with Gasteiger partial charge in [0.25, 0.3) is 0 Å². The third-order valence-corrected chi connectivity index (χ3v) is 3.05. The molecule has 1 aromatic carbocycles. The van der Waals surface area contributed by atoms with Crippen LogP contribution in [0.1, 0.15) is 57.1 Å². The van der Waals surface area contributed by atoms with E-state index in [0.717, 1.165) is 18.4 Å². The zero-order valence-corrected chi connectivity index (χ0v) is 10.6. The molecule has 0 amide bonds. The van der Waals surface area contributed by atoms with Crippen molar-refractivity contribution in [2.45, 2.75) is 51.5 Å². The SMILES string of the molecule is CCCCCCCC(NN)c1cccc(F)c1. The topological polar surface area (TPSA) is 38.0 Å². The van der Waals surface area contributed by atoms with Crippen LogP contribution in [-0.4, -0.2) is 0 Å². The summed E-state index contributed by atoms with van der Waals surface area (Å²) in [4.78, 5) is 0. The Labute approximate surface area is 103 Å². The van der Waals surface area contributed by atoms with E-state index in [2.05, 4.69) is 12.3 Å². The number of hydrogen-bond donors (Lipinski definition) is 2. The molecule has 1 unspecified atom stereocenters. The first-order valence-electron chi connectivity index (χ1n) is 6.49. The van der Waals surface area contributed by atoms with Gasteiger partial charge in [-0.3, -0.25) is 11.3 Å². The van der Waals surface area contributed by atoms with Gasteiger partial charge in [0.1, 0.15) is 5.82 Å². The van der Waals surface area contributed by atoms with Crippen molar-refractivity contribution in [2.24, 2.45) is 5.84 Å². The van der Waals surface area contributed by atoms with Crippen molar-refractivity contribution in [3.8, 4) is 0 Å². The standard InChI is InChI=1S/C14H23FN2/c1-2-3-4-5-6-10-14(17-16)12-8-7-9-13(15)11-12/h7-9,11,14,17H,2-6,10,16H2,1H3. The quantitative estimate of drug-likeness (QED) is 0.412. The Morgan fingerprint density at radius 1 is 1.24 bits per heavy atom. The van der Waals surface area contributed by atoms with E-state index >= 15 is 0 Å². The molecular weight excluding hydrogens is 215 g/mol. The van der Waals surface area contributed by atoms with E-state index in [1.165, 1.54) is 31.7 Å². The second kappa shape index (κ2) is 8.20. The van der Waals surface area contributed by atoms with E-state index in [4.69, 9.17) is 5.84 Å². The van der Waals surface area contributed by atoms with Crippen LogP contribution in [0.2, 0.25) is 0 Å². The fourth-order valence-electron chi connectivity index (χ4n) is 2.02. The van der Waals surface area contributed by atoms with Gasteiger partial charge in [-0.2, -0.15) is 0 Å². The predicted molar refractivity (Wildman–Crippen MR) is 69.8 cm³/mol. The number of nitrogens with two attached hydrogens (primary N) is 1. The van der Waals surface area contributed by atoms with Gasteiger partial charge in [0.2, 0.25) is 0 Å². The highest BCUT2D eigenvalue weighted by atomic mass is 19.1. The summed E-state index contributed by atoms with van der Waals surface area (Å²) in [6, 6.07) is 6.72. The lowest BCUT2D eigenvalue weighted by Crippen LogP contribution is -2.28. The lowest BCUT2D eigenvalue weighted by Gasteiger charge is -2.16. The Balaban J connectivity index is 2.38. The molecule has 0 aliphatic rings. The minimum Gasteiger partial charge on any atom is -0.271 e. The smallest absolute Gasteiger partial charge is 0.123 e. The van der Waals surface area contributed by atoms with Crippen LogP contribution < -0.4 is 11.3 Å². The molecular formula is C14H23FN2. The summed E-state index contributed by atoms with van der Waals surface area (Å²) in [6.07, 6.45) is 7.14. The molecule has 0 aromatic heterocycles. The number of nitrogens with one attached hydrogen (secondary N) is 1. The largest absolute Gasteiger partial charge is 0.271 e. The van der Waals surface area contributed by atoms with Gasteiger partial charge in [-0.1, -0.05) is 51.2 Å². The van der Waals surface area contributed by atoms with Crippen molar-refractivity contribution in [1.29, 1.82) is 0 Å². The zero-order chi connectivity index (χ0) is 12.5. The fourth-order valence-corrected chi connectivity index (χ4v) is 2.02. The molecule has 3 heteroatoms. The van der Waals surface area contributed by atoms with Gasteiger partial charge in [0.05, 0.1) is 0 Å². The average Bonchev–Trinajstić information content (AvgIpc) is 2.34. The van der Waals surface area contributed by atoms with Crippen molar-refractivity contribution >= 4 is 0 Å². The molecule has 0 fully saturated rings. The Bertz CT molecular complexity index is 315. The highest BCUT2D eigenvalue weighted by Crippen LogP contribution is 2.20. The lowest BCUT2D eigenvalue weighted by atomic mass is 10.0.